The Morgan fingerprint density at radius 2 is 1.95 bits per heavy atom. The maximum Gasteiger partial charge on any atom is 0.262 e. The lowest BCUT2D eigenvalue weighted by Crippen LogP contribution is -2.21. The number of carbonyl (C=O) groups is 1. The second-order valence-electron chi connectivity index (χ2n) is 5.50. The third kappa shape index (κ3) is 4.47. The first-order valence-electron chi connectivity index (χ1n) is 7.25. The Hall–Kier alpha value is -1.56. The van der Waals surface area contributed by atoms with Crippen molar-refractivity contribution < 1.29 is 9.53 Å². The molecule has 116 valence electrons. The molecule has 0 radical (unpaired) electrons. The van der Waals surface area contributed by atoms with E-state index in [9.17, 15) is 4.79 Å². The predicted molar refractivity (Wildman–Crippen MR) is 98.6 cm³/mol. The highest BCUT2D eigenvalue weighted by Gasteiger charge is 2.09. The third-order valence-corrected chi connectivity index (χ3v) is 4.33. The fourth-order valence-electron chi connectivity index (χ4n) is 2.02. The lowest BCUT2D eigenvalue weighted by Gasteiger charge is -2.13. The third-order valence-electron chi connectivity index (χ3n) is 3.39. The number of rotatable bonds is 5. The molecule has 22 heavy (non-hydrogen) atoms. The van der Waals surface area contributed by atoms with Gasteiger partial charge in [0, 0.05) is 3.57 Å². The summed E-state index contributed by atoms with van der Waals surface area (Å²) < 4.78 is 6.69. The Labute approximate surface area is 145 Å². The number of carbonyl (C=O) groups excluding carboxylic acids is 1. The van der Waals surface area contributed by atoms with Crippen LogP contribution in [-0.4, -0.2) is 12.5 Å². The van der Waals surface area contributed by atoms with Crippen molar-refractivity contribution in [1.82, 2.24) is 0 Å². The van der Waals surface area contributed by atoms with Crippen molar-refractivity contribution in [2.24, 2.45) is 0 Å². The molecule has 2 aromatic rings. The lowest BCUT2D eigenvalue weighted by molar-refractivity contribution is -0.118. The first-order chi connectivity index (χ1) is 10.5. The number of benzene rings is 2. The molecule has 1 amide bonds. The van der Waals surface area contributed by atoms with Crippen molar-refractivity contribution in [2.75, 3.05) is 11.9 Å². The van der Waals surface area contributed by atoms with E-state index in [2.05, 4.69) is 47.8 Å². The van der Waals surface area contributed by atoms with Gasteiger partial charge in [-0.15, -0.1) is 0 Å². The van der Waals surface area contributed by atoms with Crippen molar-refractivity contribution in [3.8, 4) is 5.75 Å². The molecule has 0 saturated carbocycles. The van der Waals surface area contributed by atoms with Crippen LogP contribution in [0, 0.1) is 10.5 Å². The average molecular weight is 409 g/mol. The van der Waals surface area contributed by atoms with Gasteiger partial charge in [0.05, 0.1) is 5.69 Å². The van der Waals surface area contributed by atoms with E-state index >= 15 is 0 Å². The number of ether oxygens (including phenoxy) is 1. The minimum absolute atomic E-state index is 0.00730. The molecule has 2 aromatic carbocycles. The quantitative estimate of drug-likeness (QED) is 0.725. The van der Waals surface area contributed by atoms with E-state index < -0.39 is 0 Å². The molecular weight excluding hydrogens is 389 g/mol. The summed E-state index contributed by atoms with van der Waals surface area (Å²) in [7, 11) is 0. The number of halogens is 1. The zero-order valence-corrected chi connectivity index (χ0v) is 15.2. The summed E-state index contributed by atoms with van der Waals surface area (Å²) in [6.45, 7) is 6.27. The Bertz CT molecular complexity index is 668. The molecule has 2 rings (SSSR count). The molecule has 0 heterocycles. The molecule has 0 aliphatic carbocycles. The van der Waals surface area contributed by atoms with Gasteiger partial charge in [0.1, 0.15) is 5.75 Å². The summed E-state index contributed by atoms with van der Waals surface area (Å²) in [5, 5.41) is 2.87. The summed E-state index contributed by atoms with van der Waals surface area (Å²) in [6.07, 6.45) is 0. The second kappa shape index (κ2) is 7.63. The van der Waals surface area contributed by atoms with Gasteiger partial charge in [0.2, 0.25) is 0 Å². The Balaban J connectivity index is 1.99. The van der Waals surface area contributed by atoms with E-state index in [1.807, 2.05) is 43.3 Å². The monoisotopic (exact) mass is 409 g/mol. The van der Waals surface area contributed by atoms with E-state index in [0.29, 0.717) is 5.92 Å². The minimum atomic E-state index is -0.154. The molecule has 0 fully saturated rings. The van der Waals surface area contributed by atoms with Crippen molar-refractivity contribution in [3.05, 3.63) is 57.2 Å². The fraction of sp³-hybridized carbons (Fsp3) is 0.278. The van der Waals surface area contributed by atoms with Crippen LogP contribution in [-0.2, 0) is 4.79 Å². The highest BCUT2D eigenvalue weighted by molar-refractivity contribution is 14.1. The number of anilines is 1. The molecule has 4 heteroatoms. The molecule has 0 aromatic heterocycles. The summed E-state index contributed by atoms with van der Waals surface area (Å²) in [6, 6.07) is 13.8. The van der Waals surface area contributed by atoms with E-state index in [1.165, 1.54) is 5.56 Å². The summed E-state index contributed by atoms with van der Waals surface area (Å²) in [5.74, 6) is 1.05. The van der Waals surface area contributed by atoms with Crippen LogP contribution >= 0.6 is 22.6 Å². The molecule has 0 spiro atoms. The van der Waals surface area contributed by atoms with Gasteiger partial charge in [0.25, 0.3) is 5.91 Å². The molecule has 0 saturated heterocycles. The van der Waals surface area contributed by atoms with Crippen molar-refractivity contribution in [3.63, 3.8) is 0 Å². The number of hydrogen-bond acceptors (Lipinski definition) is 2. The first kappa shape index (κ1) is 16.8. The number of amides is 1. The molecule has 1 N–H and O–H groups in total. The fourth-order valence-corrected chi connectivity index (χ4v) is 2.55. The maximum atomic E-state index is 12.0. The highest BCUT2D eigenvalue weighted by atomic mass is 127. The molecule has 3 nitrogen and oxygen atoms in total. The van der Waals surface area contributed by atoms with Crippen LogP contribution < -0.4 is 10.1 Å². The van der Waals surface area contributed by atoms with Crippen molar-refractivity contribution >= 4 is 34.2 Å². The predicted octanol–water partition coefficient (Wildman–Crippen LogP) is 4.74. The van der Waals surface area contributed by atoms with Gasteiger partial charge in [-0.1, -0.05) is 38.1 Å². The molecule has 0 unspecified atom stereocenters. The molecule has 0 atom stereocenters. The van der Waals surface area contributed by atoms with E-state index in [0.717, 1.165) is 20.6 Å². The molecule has 0 aliphatic rings. The average Bonchev–Trinajstić information content (AvgIpc) is 2.48. The largest absolute Gasteiger partial charge is 0.483 e. The van der Waals surface area contributed by atoms with Gasteiger partial charge >= 0.3 is 0 Å². The van der Waals surface area contributed by atoms with Crippen LogP contribution in [0.15, 0.2) is 42.5 Å². The number of aryl methyl sites for hydroxylation is 1. The zero-order valence-electron chi connectivity index (χ0n) is 13.0. The first-order valence-corrected chi connectivity index (χ1v) is 8.33. The smallest absolute Gasteiger partial charge is 0.262 e. The normalized spacial score (nSPS) is 10.6. The lowest BCUT2D eigenvalue weighted by atomic mass is 10.0. The van der Waals surface area contributed by atoms with Gasteiger partial charge in [-0.25, -0.2) is 0 Å². The molecular formula is C18H20INO2. The standard InChI is InChI=1S/C18H20INO2/c1-12(2)14-9-8-13(3)17(10-14)22-11-18(21)20-16-7-5-4-6-15(16)19/h4-10,12H,11H2,1-3H3,(H,20,21). The van der Waals surface area contributed by atoms with Crippen molar-refractivity contribution in [1.29, 1.82) is 0 Å². The topological polar surface area (TPSA) is 38.3 Å². The van der Waals surface area contributed by atoms with Gasteiger partial charge in [0.15, 0.2) is 6.61 Å². The van der Waals surface area contributed by atoms with Gasteiger partial charge in [-0.05, 0) is 64.8 Å². The van der Waals surface area contributed by atoms with Crippen LogP contribution in [0.3, 0.4) is 0 Å². The summed E-state index contributed by atoms with van der Waals surface area (Å²) >= 11 is 2.19. The Morgan fingerprint density at radius 1 is 1.23 bits per heavy atom. The van der Waals surface area contributed by atoms with E-state index in [4.69, 9.17) is 4.74 Å². The Kier molecular flexibility index (Phi) is 5.83. The van der Waals surface area contributed by atoms with Crippen molar-refractivity contribution in [2.45, 2.75) is 26.7 Å². The number of para-hydroxylation sites is 1. The Morgan fingerprint density at radius 3 is 2.64 bits per heavy atom. The van der Waals surface area contributed by atoms with Gasteiger partial charge in [-0.2, -0.15) is 0 Å². The van der Waals surface area contributed by atoms with Crippen LogP contribution in [0.5, 0.6) is 5.75 Å². The van der Waals surface area contributed by atoms with Crippen LogP contribution in [0.1, 0.15) is 30.9 Å². The number of nitrogens with one attached hydrogen (secondary N) is 1. The van der Waals surface area contributed by atoms with Gasteiger partial charge < -0.3 is 10.1 Å². The molecule has 0 bridgehead atoms. The molecule has 0 aliphatic heterocycles. The highest BCUT2D eigenvalue weighted by Crippen LogP contribution is 2.24. The van der Waals surface area contributed by atoms with Crippen LogP contribution in [0.4, 0.5) is 5.69 Å². The maximum absolute atomic E-state index is 12.0. The second-order valence-corrected chi connectivity index (χ2v) is 6.66. The zero-order chi connectivity index (χ0) is 16.1. The minimum Gasteiger partial charge on any atom is -0.483 e. The van der Waals surface area contributed by atoms with Gasteiger partial charge in [-0.3, -0.25) is 4.79 Å². The summed E-state index contributed by atoms with van der Waals surface area (Å²) in [5.41, 5.74) is 3.05. The van der Waals surface area contributed by atoms with E-state index in [1.54, 1.807) is 0 Å². The number of hydrogen-bond donors (Lipinski definition) is 1. The van der Waals surface area contributed by atoms with E-state index in [-0.39, 0.29) is 12.5 Å². The van der Waals surface area contributed by atoms with Crippen LogP contribution in [0.2, 0.25) is 0 Å². The SMILES string of the molecule is Cc1ccc(C(C)C)cc1OCC(=O)Nc1ccccc1I. The van der Waals surface area contributed by atoms with Crippen LogP contribution in [0.25, 0.3) is 0 Å². The summed E-state index contributed by atoms with van der Waals surface area (Å²) in [4.78, 5) is 12.0.